The third kappa shape index (κ3) is 2.00. The number of nitriles is 1. The second-order valence-electron chi connectivity index (χ2n) is 1.87. The molecule has 0 spiro atoms. The summed E-state index contributed by atoms with van der Waals surface area (Å²) in [5.74, 6) is 0. The lowest BCUT2D eigenvalue weighted by molar-refractivity contribution is 0.104. The predicted octanol–water partition coefficient (Wildman–Crippen LogP) is 1.74. The summed E-state index contributed by atoms with van der Waals surface area (Å²) in [6, 6.07) is 2.05. The van der Waals surface area contributed by atoms with Gasteiger partial charge in [0.25, 0.3) is 0 Å². The Bertz CT molecular complexity index is 239. The Labute approximate surface area is 69.3 Å². The highest BCUT2D eigenvalue weighted by molar-refractivity contribution is 7.09. The minimum atomic E-state index is -0.438. The van der Waals surface area contributed by atoms with Crippen molar-refractivity contribution in [3.8, 4) is 6.07 Å². The second kappa shape index (κ2) is 4.06. The SMILES string of the molecule is CCOC(C#N)c1cncs1. The molecule has 3 nitrogen and oxygen atoms in total. The van der Waals surface area contributed by atoms with Gasteiger partial charge in [-0.15, -0.1) is 11.3 Å². The Morgan fingerprint density at radius 1 is 1.91 bits per heavy atom. The molecule has 1 atom stereocenters. The number of thiazole rings is 1. The van der Waals surface area contributed by atoms with E-state index in [2.05, 4.69) is 11.1 Å². The summed E-state index contributed by atoms with van der Waals surface area (Å²) in [6.07, 6.45) is 1.22. The third-order valence-electron chi connectivity index (χ3n) is 1.16. The van der Waals surface area contributed by atoms with Crippen LogP contribution in [0.15, 0.2) is 11.7 Å². The van der Waals surface area contributed by atoms with Gasteiger partial charge >= 0.3 is 0 Å². The molecule has 0 bridgehead atoms. The van der Waals surface area contributed by atoms with Gasteiger partial charge in [0.15, 0.2) is 6.10 Å². The minimum Gasteiger partial charge on any atom is -0.358 e. The van der Waals surface area contributed by atoms with Gasteiger partial charge in [0.1, 0.15) is 6.07 Å². The van der Waals surface area contributed by atoms with Crippen molar-refractivity contribution >= 4 is 11.3 Å². The van der Waals surface area contributed by atoms with Crippen molar-refractivity contribution in [1.82, 2.24) is 4.98 Å². The van der Waals surface area contributed by atoms with Gasteiger partial charge in [0, 0.05) is 12.8 Å². The fourth-order valence-electron chi connectivity index (χ4n) is 0.705. The van der Waals surface area contributed by atoms with Crippen LogP contribution in [0.1, 0.15) is 17.9 Å². The summed E-state index contributed by atoms with van der Waals surface area (Å²) >= 11 is 1.44. The number of aromatic nitrogens is 1. The van der Waals surface area contributed by atoms with Crippen molar-refractivity contribution in [3.05, 3.63) is 16.6 Å². The second-order valence-corrected chi connectivity index (χ2v) is 2.79. The molecule has 0 aromatic carbocycles. The third-order valence-corrected chi connectivity index (χ3v) is 1.98. The fraction of sp³-hybridized carbons (Fsp3) is 0.429. The van der Waals surface area contributed by atoms with Gasteiger partial charge in [-0.05, 0) is 6.92 Å². The molecule has 0 aliphatic rings. The Morgan fingerprint density at radius 3 is 3.18 bits per heavy atom. The molecule has 58 valence electrons. The van der Waals surface area contributed by atoms with E-state index in [9.17, 15) is 0 Å². The molecule has 0 radical (unpaired) electrons. The van der Waals surface area contributed by atoms with E-state index in [-0.39, 0.29) is 0 Å². The lowest BCUT2D eigenvalue weighted by atomic mass is 10.3. The molecule has 1 rings (SSSR count). The zero-order chi connectivity index (χ0) is 8.10. The molecule has 0 saturated heterocycles. The number of hydrogen-bond acceptors (Lipinski definition) is 4. The highest BCUT2D eigenvalue weighted by atomic mass is 32.1. The van der Waals surface area contributed by atoms with Gasteiger partial charge in [-0.1, -0.05) is 0 Å². The molecule has 0 amide bonds. The minimum absolute atomic E-state index is 0.438. The van der Waals surface area contributed by atoms with Crippen LogP contribution in [0.4, 0.5) is 0 Å². The maximum atomic E-state index is 8.63. The molecule has 0 aliphatic heterocycles. The van der Waals surface area contributed by atoms with Crippen LogP contribution in [0.5, 0.6) is 0 Å². The van der Waals surface area contributed by atoms with E-state index in [1.807, 2.05) is 6.92 Å². The van der Waals surface area contributed by atoms with Gasteiger partial charge in [0.2, 0.25) is 0 Å². The van der Waals surface area contributed by atoms with E-state index in [1.54, 1.807) is 11.7 Å². The summed E-state index contributed by atoms with van der Waals surface area (Å²) in [6.45, 7) is 2.42. The number of rotatable bonds is 3. The average molecular weight is 168 g/mol. The first-order chi connectivity index (χ1) is 5.38. The first-order valence-electron chi connectivity index (χ1n) is 3.28. The summed E-state index contributed by atoms with van der Waals surface area (Å²) in [5, 5.41) is 8.63. The Hall–Kier alpha value is -0.920. The van der Waals surface area contributed by atoms with Crippen LogP contribution < -0.4 is 0 Å². The monoisotopic (exact) mass is 168 g/mol. The molecule has 1 heterocycles. The molecular formula is C7H8N2OS. The van der Waals surface area contributed by atoms with Crippen LogP contribution in [0.25, 0.3) is 0 Å². The molecule has 0 aliphatic carbocycles. The van der Waals surface area contributed by atoms with E-state index >= 15 is 0 Å². The Kier molecular flexibility index (Phi) is 3.02. The van der Waals surface area contributed by atoms with Gasteiger partial charge in [-0.25, -0.2) is 0 Å². The zero-order valence-electron chi connectivity index (χ0n) is 6.15. The highest BCUT2D eigenvalue weighted by Crippen LogP contribution is 2.19. The quantitative estimate of drug-likeness (QED) is 0.690. The molecule has 0 N–H and O–H groups in total. The first kappa shape index (κ1) is 8.18. The van der Waals surface area contributed by atoms with Crippen molar-refractivity contribution in [2.45, 2.75) is 13.0 Å². The van der Waals surface area contributed by atoms with Crippen molar-refractivity contribution in [2.75, 3.05) is 6.61 Å². The van der Waals surface area contributed by atoms with Crippen LogP contribution in [-0.4, -0.2) is 11.6 Å². The topological polar surface area (TPSA) is 45.9 Å². The normalized spacial score (nSPS) is 12.4. The largest absolute Gasteiger partial charge is 0.358 e. The van der Waals surface area contributed by atoms with Gasteiger partial charge in [-0.2, -0.15) is 5.26 Å². The lowest BCUT2D eigenvalue weighted by Gasteiger charge is -2.03. The molecule has 1 unspecified atom stereocenters. The van der Waals surface area contributed by atoms with E-state index < -0.39 is 6.10 Å². The molecular weight excluding hydrogens is 160 g/mol. The van der Waals surface area contributed by atoms with Crippen LogP contribution in [0.3, 0.4) is 0 Å². The summed E-state index contributed by atoms with van der Waals surface area (Å²) in [4.78, 5) is 4.73. The lowest BCUT2D eigenvalue weighted by Crippen LogP contribution is -1.98. The summed E-state index contributed by atoms with van der Waals surface area (Å²) in [7, 11) is 0. The standard InChI is InChI=1S/C7H8N2OS/c1-2-10-6(3-8)7-4-9-5-11-7/h4-6H,2H2,1H3. The molecule has 1 aromatic heterocycles. The molecule has 0 fully saturated rings. The Morgan fingerprint density at radius 2 is 2.73 bits per heavy atom. The average Bonchev–Trinajstić information content (AvgIpc) is 2.52. The molecule has 1 aromatic rings. The van der Waals surface area contributed by atoms with Gasteiger partial charge in [0.05, 0.1) is 10.4 Å². The molecule has 11 heavy (non-hydrogen) atoms. The van der Waals surface area contributed by atoms with E-state index in [4.69, 9.17) is 10.00 Å². The van der Waals surface area contributed by atoms with Crippen LogP contribution in [0, 0.1) is 11.3 Å². The van der Waals surface area contributed by atoms with Crippen LogP contribution in [-0.2, 0) is 4.74 Å². The summed E-state index contributed by atoms with van der Waals surface area (Å²) in [5.41, 5.74) is 1.69. The zero-order valence-corrected chi connectivity index (χ0v) is 6.97. The Balaban J connectivity index is 2.65. The first-order valence-corrected chi connectivity index (χ1v) is 4.16. The van der Waals surface area contributed by atoms with Crippen molar-refractivity contribution < 1.29 is 4.74 Å². The number of nitrogens with zero attached hydrogens (tertiary/aromatic N) is 2. The smallest absolute Gasteiger partial charge is 0.179 e. The number of ether oxygens (including phenoxy) is 1. The van der Waals surface area contributed by atoms with E-state index in [0.29, 0.717) is 6.61 Å². The van der Waals surface area contributed by atoms with Crippen molar-refractivity contribution in [3.63, 3.8) is 0 Å². The predicted molar refractivity (Wildman–Crippen MR) is 42.1 cm³/mol. The molecule has 0 saturated carbocycles. The van der Waals surface area contributed by atoms with Crippen molar-refractivity contribution in [1.29, 1.82) is 5.26 Å². The highest BCUT2D eigenvalue weighted by Gasteiger charge is 2.10. The van der Waals surface area contributed by atoms with Gasteiger partial charge < -0.3 is 4.74 Å². The molecule has 4 heteroatoms. The van der Waals surface area contributed by atoms with Crippen molar-refractivity contribution in [2.24, 2.45) is 0 Å². The van der Waals surface area contributed by atoms with E-state index in [1.165, 1.54) is 11.3 Å². The maximum Gasteiger partial charge on any atom is 0.179 e. The van der Waals surface area contributed by atoms with Gasteiger partial charge in [-0.3, -0.25) is 4.98 Å². The van der Waals surface area contributed by atoms with Crippen LogP contribution in [0.2, 0.25) is 0 Å². The van der Waals surface area contributed by atoms with E-state index in [0.717, 1.165) is 4.88 Å². The number of hydrogen-bond donors (Lipinski definition) is 0. The fourth-order valence-corrected chi connectivity index (χ4v) is 1.31. The maximum absolute atomic E-state index is 8.63. The summed E-state index contributed by atoms with van der Waals surface area (Å²) < 4.78 is 5.14. The van der Waals surface area contributed by atoms with Crippen LogP contribution >= 0.6 is 11.3 Å².